The van der Waals surface area contributed by atoms with Crippen LogP contribution < -0.4 is 0 Å². The van der Waals surface area contributed by atoms with Gasteiger partial charge in [0.15, 0.2) is 0 Å². The maximum absolute atomic E-state index is 13.3. The van der Waals surface area contributed by atoms with E-state index in [2.05, 4.69) is 4.98 Å². The number of pyridine rings is 1. The molecule has 2 aliphatic heterocycles. The molecule has 2 saturated heterocycles. The first kappa shape index (κ1) is 17.4. The molecule has 7 nitrogen and oxygen atoms in total. The van der Waals surface area contributed by atoms with E-state index in [1.54, 1.807) is 41.4 Å². The van der Waals surface area contributed by atoms with E-state index < -0.39 is 16.1 Å². The summed E-state index contributed by atoms with van der Waals surface area (Å²) < 4.78 is 33.4. The van der Waals surface area contributed by atoms with E-state index >= 15 is 0 Å². The van der Waals surface area contributed by atoms with Crippen LogP contribution >= 0.6 is 0 Å². The summed E-state index contributed by atoms with van der Waals surface area (Å²) in [6.45, 7) is 2.39. The predicted octanol–water partition coefficient (Wildman–Crippen LogP) is 1.25. The number of carbonyl (C=O) groups is 1. The van der Waals surface area contributed by atoms with Gasteiger partial charge >= 0.3 is 0 Å². The first-order valence-corrected chi connectivity index (χ1v) is 10.3. The van der Waals surface area contributed by atoms with Crippen molar-refractivity contribution in [3.05, 3.63) is 36.5 Å². The van der Waals surface area contributed by atoms with Gasteiger partial charge in [-0.25, -0.2) is 8.42 Å². The summed E-state index contributed by atoms with van der Waals surface area (Å²) in [5, 5.41) is 0.583. The fourth-order valence-corrected chi connectivity index (χ4v) is 5.55. The molecule has 0 saturated carbocycles. The zero-order valence-electron chi connectivity index (χ0n) is 14.4. The van der Waals surface area contributed by atoms with Crippen LogP contribution in [-0.2, 0) is 19.6 Å². The predicted molar refractivity (Wildman–Crippen MR) is 96.1 cm³/mol. The molecule has 2 fully saturated rings. The van der Waals surface area contributed by atoms with E-state index in [0.717, 1.165) is 0 Å². The molecule has 1 unspecified atom stereocenters. The van der Waals surface area contributed by atoms with Crippen molar-refractivity contribution in [3.63, 3.8) is 0 Å². The molecule has 1 aromatic carbocycles. The average molecular weight is 375 g/mol. The average Bonchev–Trinajstić information content (AvgIpc) is 3.18. The van der Waals surface area contributed by atoms with Crippen LogP contribution in [0.25, 0.3) is 10.9 Å². The van der Waals surface area contributed by atoms with Crippen LogP contribution in [0.4, 0.5) is 0 Å². The maximum atomic E-state index is 13.3. The summed E-state index contributed by atoms with van der Waals surface area (Å²) >= 11 is 0. The molecule has 1 amide bonds. The van der Waals surface area contributed by atoms with Gasteiger partial charge in [0, 0.05) is 31.2 Å². The molecule has 26 heavy (non-hydrogen) atoms. The lowest BCUT2D eigenvalue weighted by atomic mass is 10.2. The molecule has 0 aliphatic carbocycles. The van der Waals surface area contributed by atoms with E-state index in [-0.39, 0.29) is 10.8 Å². The van der Waals surface area contributed by atoms with Crippen LogP contribution in [0.5, 0.6) is 0 Å². The number of hydrogen-bond acceptors (Lipinski definition) is 5. The van der Waals surface area contributed by atoms with Gasteiger partial charge in [-0.1, -0.05) is 6.07 Å². The van der Waals surface area contributed by atoms with Gasteiger partial charge in [0.2, 0.25) is 15.9 Å². The Morgan fingerprint density at radius 3 is 2.73 bits per heavy atom. The minimum absolute atomic E-state index is 0.118. The maximum Gasteiger partial charge on any atom is 0.244 e. The highest BCUT2D eigenvalue weighted by Gasteiger charge is 2.41. The Morgan fingerprint density at radius 1 is 1.12 bits per heavy atom. The van der Waals surface area contributed by atoms with Crippen LogP contribution in [0, 0.1) is 0 Å². The summed E-state index contributed by atoms with van der Waals surface area (Å²) in [6, 6.07) is 7.91. The minimum Gasteiger partial charge on any atom is -0.378 e. The molecule has 0 spiro atoms. The van der Waals surface area contributed by atoms with Gasteiger partial charge in [0.05, 0.1) is 23.6 Å². The number of fused-ring (bicyclic) bond motifs is 1. The minimum atomic E-state index is -3.78. The number of ether oxygens (including phenoxy) is 1. The number of rotatable bonds is 3. The van der Waals surface area contributed by atoms with E-state index in [4.69, 9.17) is 4.74 Å². The van der Waals surface area contributed by atoms with Crippen LogP contribution in [0.15, 0.2) is 41.4 Å². The number of hydrogen-bond donors (Lipinski definition) is 0. The van der Waals surface area contributed by atoms with Crippen molar-refractivity contribution >= 4 is 26.8 Å². The second-order valence-electron chi connectivity index (χ2n) is 6.54. The Morgan fingerprint density at radius 2 is 1.92 bits per heavy atom. The lowest BCUT2D eigenvalue weighted by Crippen LogP contribution is -2.50. The molecule has 4 rings (SSSR count). The summed E-state index contributed by atoms with van der Waals surface area (Å²) in [4.78, 5) is 19.1. The monoisotopic (exact) mass is 375 g/mol. The van der Waals surface area contributed by atoms with E-state index in [1.807, 2.05) is 0 Å². The second-order valence-corrected chi connectivity index (χ2v) is 8.40. The summed E-state index contributed by atoms with van der Waals surface area (Å²) in [5.41, 5.74) is 0.629. The first-order valence-electron chi connectivity index (χ1n) is 8.81. The van der Waals surface area contributed by atoms with E-state index in [0.29, 0.717) is 56.6 Å². The molecule has 2 aromatic rings. The fourth-order valence-electron chi connectivity index (χ4n) is 3.70. The third-order valence-corrected chi connectivity index (χ3v) is 6.97. The lowest BCUT2D eigenvalue weighted by Gasteiger charge is -2.32. The number of morpholine rings is 1. The number of aromatic nitrogens is 1. The molecule has 3 heterocycles. The van der Waals surface area contributed by atoms with Crippen molar-refractivity contribution < 1.29 is 17.9 Å². The largest absolute Gasteiger partial charge is 0.378 e. The van der Waals surface area contributed by atoms with Crippen LogP contribution in [0.2, 0.25) is 0 Å². The second kappa shape index (κ2) is 6.94. The lowest BCUT2D eigenvalue weighted by molar-refractivity contribution is -0.138. The van der Waals surface area contributed by atoms with Gasteiger partial charge in [-0.15, -0.1) is 0 Å². The number of carbonyl (C=O) groups excluding carboxylic acids is 1. The Hall–Kier alpha value is -2.03. The molecule has 0 radical (unpaired) electrons. The summed E-state index contributed by atoms with van der Waals surface area (Å²) in [7, 11) is -3.78. The summed E-state index contributed by atoms with van der Waals surface area (Å²) in [5.74, 6) is -0.118. The summed E-state index contributed by atoms with van der Waals surface area (Å²) in [6.07, 6.45) is 2.88. The van der Waals surface area contributed by atoms with E-state index in [9.17, 15) is 13.2 Å². The number of amides is 1. The van der Waals surface area contributed by atoms with Crippen LogP contribution in [-0.4, -0.2) is 67.4 Å². The highest BCUT2D eigenvalue weighted by atomic mass is 32.2. The van der Waals surface area contributed by atoms with Gasteiger partial charge in [-0.2, -0.15) is 4.31 Å². The van der Waals surface area contributed by atoms with Gasteiger partial charge in [0.1, 0.15) is 6.04 Å². The van der Waals surface area contributed by atoms with Crippen molar-refractivity contribution in [1.29, 1.82) is 0 Å². The standard InChI is InChI=1S/C18H21N3O4S/c22-18(20-10-12-25-13-11-20)16-6-3-9-21(16)26(23,24)17-7-1-5-15-14(17)4-2-8-19-15/h1-2,4-5,7-8,16H,3,6,9-13H2. The van der Waals surface area contributed by atoms with Crippen molar-refractivity contribution in [2.45, 2.75) is 23.8 Å². The van der Waals surface area contributed by atoms with Crippen molar-refractivity contribution in [1.82, 2.24) is 14.2 Å². The SMILES string of the molecule is O=C(C1CCCN1S(=O)(=O)c1cccc2ncccc12)N1CCOCC1. The van der Waals surface area contributed by atoms with Gasteiger partial charge in [0.25, 0.3) is 0 Å². The van der Waals surface area contributed by atoms with E-state index in [1.165, 1.54) is 4.31 Å². The molecule has 8 heteroatoms. The zero-order valence-corrected chi connectivity index (χ0v) is 15.2. The van der Waals surface area contributed by atoms with Crippen LogP contribution in [0.1, 0.15) is 12.8 Å². The Labute approximate surface area is 152 Å². The number of benzene rings is 1. The van der Waals surface area contributed by atoms with Crippen molar-refractivity contribution in [2.24, 2.45) is 0 Å². The molecule has 0 N–H and O–H groups in total. The Bertz CT molecular complexity index is 920. The topological polar surface area (TPSA) is 79.8 Å². The Kier molecular flexibility index (Phi) is 4.64. The van der Waals surface area contributed by atoms with Gasteiger partial charge in [-0.05, 0) is 37.1 Å². The third-order valence-electron chi connectivity index (χ3n) is 5.00. The Balaban J connectivity index is 1.69. The molecule has 1 aromatic heterocycles. The van der Waals surface area contributed by atoms with Crippen molar-refractivity contribution in [2.75, 3.05) is 32.8 Å². The van der Waals surface area contributed by atoms with Gasteiger partial charge in [-0.3, -0.25) is 9.78 Å². The fraction of sp³-hybridized carbons (Fsp3) is 0.444. The smallest absolute Gasteiger partial charge is 0.244 e. The number of nitrogens with zero attached hydrogens (tertiary/aromatic N) is 3. The van der Waals surface area contributed by atoms with Crippen LogP contribution in [0.3, 0.4) is 0 Å². The third kappa shape index (κ3) is 2.98. The first-order chi connectivity index (χ1) is 12.6. The zero-order chi connectivity index (χ0) is 18.1. The van der Waals surface area contributed by atoms with Crippen molar-refractivity contribution in [3.8, 4) is 0 Å². The quantitative estimate of drug-likeness (QED) is 0.807. The highest BCUT2D eigenvalue weighted by molar-refractivity contribution is 7.89. The molecule has 138 valence electrons. The molecular weight excluding hydrogens is 354 g/mol. The highest BCUT2D eigenvalue weighted by Crippen LogP contribution is 2.30. The molecule has 1 atom stereocenters. The van der Waals surface area contributed by atoms with Gasteiger partial charge < -0.3 is 9.64 Å². The molecule has 0 bridgehead atoms. The molecule has 2 aliphatic rings. The number of sulfonamides is 1. The normalized spacial score (nSPS) is 22.0. The molecular formula is C18H21N3O4S.